The molecule has 0 atom stereocenters. The monoisotopic (exact) mass is 764 g/mol. The van der Waals surface area contributed by atoms with E-state index >= 15 is 0 Å². The van der Waals surface area contributed by atoms with E-state index in [1.807, 2.05) is 12.1 Å². The Bertz CT molecular complexity index is 3800. The summed E-state index contributed by atoms with van der Waals surface area (Å²) in [6.45, 7) is 4.67. The molecule has 0 saturated heterocycles. The third kappa shape index (κ3) is 4.28. The Labute approximate surface area is 346 Å². The normalized spacial score (nSPS) is 13.3. The van der Waals surface area contributed by atoms with Crippen molar-refractivity contribution < 1.29 is 0 Å². The quantitative estimate of drug-likeness (QED) is 0.179. The predicted octanol–water partition coefficient (Wildman–Crippen LogP) is 14.7. The van der Waals surface area contributed by atoms with Crippen molar-refractivity contribution in [2.45, 2.75) is 19.3 Å². The van der Waals surface area contributed by atoms with Crippen LogP contribution in [-0.2, 0) is 5.41 Å². The first-order valence-electron chi connectivity index (χ1n) is 20.7. The van der Waals surface area contributed by atoms with Gasteiger partial charge in [0.1, 0.15) is 0 Å². The van der Waals surface area contributed by atoms with Crippen LogP contribution < -0.4 is 4.90 Å². The van der Waals surface area contributed by atoms with Gasteiger partial charge in [0.25, 0.3) is 0 Å². The van der Waals surface area contributed by atoms with Crippen LogP contribution in [0, 0.1) is 11.3 Å². The van der Waals surface area contributed by atoms with Crippen LogP contribution in [0.3, 0.4) is 0 Å². The van der Waals surface area contributed by atoms with E-state index in [1.54, 1.807) is 0 Å². The molecule has 9 aromatic carbocycles. The fourth-order valence-electron chi connectivity index (χ4n) is 10.8. The molecule has 1 aliphatic carbocycles. The smallest absolute Gasteiger partial charge is 0.0991 e. The summed E-state index contributed by atoms with van der Waals surface area (Å²) in [7, 11) is 0. The SMILES string of the molecule is CC1(C)c2ccccc2-c2cc(N(c3ccccc3)c3ccc4c(c3)c3c5ccc6c(c5ccc3n4-c3ccc(C#N)cc3)c3cccc4c5ccccc5n6c43)ccc21. The largest absolute Gasteiger partial charge is 0.310 e. The number of para-hydroxylation sites is 3. The van der Waals surface area contributed by atoms with Crippen molar-refractivity contribution in [1.82, 2.24) is 8.97 Å². The minimum absolute atomic E-state index is 0.0729. The van der Waals surface area contributed by atoms with E-state index in [9.17, 15) is 5.26 Å². The van der Waals surface area contributed by atoms with Crippen molar-refractivity contribution in [1.29, 1.82) is 5.26 Å². The predicted molar refractivity (Wildman–Crippen MR) is 250 cm³/mol. The molecule has 60 heavy (non-hydrogen) atoms. The van der Waals surface area contributed by atoms with E-state index in [0.717, 1.165) is 33.8 Å². The summed E-state index contributed by atoms with van der Waals surface area (Å²) in [5.41, 5.74) is 16.2. The lowest BCUT2D eigenvalue weighted by Gasteiger charge is -2.27. The number of benzene rings is 9. The van der Waals surface area contributed by atoms with Crippen molar-refractivity contribution in [3.8, 4) is 22.9 Å². The van der Waals surface area contributed by atoms with Crippen molar-refractivity contribution in [3.63, 3.8) is 0 Å². The Hall–Kier alpha value is -7.87. The second-order valence-electron chi connectivity index (χ2n) is 16.8. The van der Waals surface area contributed by atoms with Crippen LogP contribution in [0.25, 0.3) is 87.5 Å². The fourth-order valence-corrected chi connectivity index (χ4v) is 10.8. The second-order valence-corrected chi connectivity index (χ2v) is 16.8. The third-order valence-electron chi connectivity index (χ3n) is 13.4. The second kappa shape index (κ2) is 11.9. The van der Waals surface area contributed by atoms with Crippen molar-refractivity contribution in [3.05, 3.63) is 199 Å². The van der Waals surface area contributed by atoms with Crippen LogP contribution >= 0.6 is 0 Å². The molecule has 0 fully saturated rings. The maximum Gasteiger partial charge on any atom is 0.0991 e. The molecule has 0 amide bonds. The molecule has 12 aromatic rings. The van der Waals surface area contributed by atoms with Gasteiger partial charge in [0, 0.05) is 60.5 Å². The molecule has 0 saturated carbocycles. The van der Waals surface area contributed by atoms with Gasteiger partial charge in [-0.1, -0.05) is 111 Å². The van der Waals surface area contributed by atoms with Crippen molar-refractivity contribution >= 4 is 87.7 Å². The Morgan fingerprint density at radius 1 is 0.450 bits per heavy atom. The molecule has 13 rings (SSSR count). The van der Waals surface area contributed by atoms with Crippen LogP contribution in [-0.4, -0.2) is 8.97 Å². The van der Waals surface area contributed by atoms with Crippen molar-refractivity contribution in [2.75, 3.05) is 4.90 Å². The van der Waals surface area contributed by atoms with Crippen LogP contribution in [0.5, 0.6) is 0 Å². The highest BCUT2D eigenvalue weighted by atomic mass is 15.1. The zero-order valence-corrected chi connectivity index (χ0v) is 33.1. The van der Waals surface area contributed by atoms with Crippen molar-refractivity contribution in [2.24, 2.45) is 0 Å². The minimum atomic E-state index is -0.0729. The molecule has 3 aromatic heterocycles. The van der Waals surface area contributed by atoms with Crippen LogP contribution in [0.2, 0.25) is 0 Å². The maximum atomic E-state index is 9.69. The molecule has 4 nitrogen and oxygen atoms in total. The summed E-state index contributed by atoms with van der Waals surface area (Å²) < 4.78 is 4.83. The standard InChI is InChI=1S/C56H36N4/c1-56(2)47-17-8-6-13-39(47)45-31-37(23-27-48(45)56)58(35-11-4-3-5-12-35)38-24-28-50-46(32-38)54-42-26-30-52-53(41(42)25-29-51(54)59(50)36-21-19-34(33-57)20-22-36)44-16-10-15-43-40-14-7-9-18-49(40)60(52)55(43)44/h3-32H,1-2H3. The number of aromatic nitrogens is 2. The van der Waals surface area contributed by atoms with E-state index in [1.165, 1.54) is 81.9 Å². The van der Waals surface area contributed by atoms with Crippen LogP contribution in [0.4, 0.5) is 17.1 Å². The van der Waals surface area contributed by atoms with E-state index in [2.05, 4.69) is 204 Å². The number of fused-ring (bicyclic) bond motifs is 15. The highest BCUT2D eigenvalue weighted by molar-refractivity contribution is 6.33. The van der Waals surface area contributed by atoms with Gasteiger partial charge in [-0.25, -0.2) is 0 Å². The Morgan fingerprint density at radius 3 is 1.93 bits per heavy atom. The van der Waals surface area contributed by atoms with Gasteiger partial charge in [-0.2, -0.15) is 5.26 Å². The lowest BCUT2D eigenvalue weighted by molar-refractivity contribution is 0.660. The summed E-state index contributed by atoms with van der Waals surface area (Å²) in [6.07, 6.45) is 0. The minimum Gasteiger partial charge on any atom is -0.310 e. The van der Waals surface area contributed by atoms with Gasteiger partial charge in [-0.15, -0.1) is 0 Å². The molecule has 280 valence electrons. The van der Waals surface area contributed by atoms with E-state index < -0.39 is 0 Å². The highest BCUT2D eigenvalue weighted by Gasteiger charge is 2.35. The molecular formula is C56H36N4. The van der Waals surface area contributed by atoms with E-state index in [4.69, 9.17) is 0 Å². The van der Waals surface area contributed by atoms with Crippen LogP contribution in [0.1, 0.15) is 30.5 Å². The molecule has 0 radical (unpaired) electrons. The maximum absolute atomic E-state index is 9.69. The molecule has 3 heterocycles. The van der Waals surface area contributed by atoms with E-state index in [0.29, 0.717) is 5.56 Å². The number of hydrogen-bond acceptors (Lipinski definition) is 2. The lowest BCUT2D eigenvalue weighted by atomic mass is 9.82. The molecule has 4 heteroatoms. The zero-order chi connectivity index (χ0) is 39.9. The third-order valence-corrected chi connectivity index (χ3v) is 13.4. The lowest BCUT2D eigenvalue weighted by Crippen LogP contribution is -2.15. The summed E-state index contributed by atoms with van der Waals surface area (Å²) in [5.74, 6) is 0. The molecule has 0 N–H and O–H groups in total. The molecule has 0 bridgehead atoms. The average molecular weight is 765 g/mol. The summed E-state index contributed by atoms with van der Waals surface area (Å²) in [5, 5.41) is 19.7. The fraction of sp³-hybridized carbons (Fsp3) is 0.0536. The summed E-state index contributed by atoms with van der Waals surface area (Å²) in [4.78, 5) is 2.40. The Balaban J connectivity index is 1.11. The van der Waals surface area contributed by atoms with Crippen LogP contribution in [0.15, 0.2) is 182 Å². The molecule has 1 aliphatic rings. The zero-order valence-electron chi connectivity index (χ0n) is 33.1. The van der Waals surface area contributed by atoms with Gasteiger partial charge in [-0.05, 0) is 118 Å². The number of anilines is 3. The van der Waals surface area contributed by atoms with Gasteiger partial charge >= 0.3 is 0 Å². The first-order chi connectivity index (χ1) is 29.5. The number of hydrogen-bond donors (Lipinski definition) is 0. The number of nitriles is 1. The molecular weight excluding hydrogens is 729 g/mol. The number of rotatable bonds is 4. The summed E-state index contributed by atoms with van der Waals surface area (Å²) in [6, 6.07) is 68.6. The topological polar surface area (TPSA) is 36.4 Å². The van der Waals surface area contributed by atoms with Gasteiger partial charge in [0.2, 0.25) is 0 Å². The van der Waals surface area contributed by atoms with Gasteiger partial charge < -0.3 is 13.9 Å². The van der Waals surface area contributed by atoms with E-state index in [-0.39, 0.29) is 5.41 Å². The summed E-state index contributed by atoms with van der Waals surface area (Å²) >= 11 is 0. The molecule has 0 spiro atoms. The average Bonchev–Trinajstić information content (AvgIpc) is 4.00. The molecule has 0 aliphatic heterocycles. The Kier molecular flexibility index (Phi) is 6.54. The molecule has 0 unspecified atom stereocenters. The Morgan fingerprint density at radius 2 is 1.10 bits per heavy atom. The highest BCUT2D eigenvalue weighted by Crippen LogP contribution is 2.51. The van der Waals surface area contributed by atoms with Gasteiger partial charge in [0.05, 0.1) is 39.2 Å². The number of nitrogens with zero attached hydrogens (tertiary/aromatic N) is 4. The first-order valence-corrected chi connectivity index (χ1v) is 20.7. The first kappa shape index (κ1) is 33.1. The van der Waals surface area contributed by atoms with Gasteiger partial charge in [0.15, 0.2) is 0 Å². The van der Waals surface area contributed by atoms with Gasteiger partial charge in [-0.3, -0.25) is 0 Å².